The number of pyridine rings is 1. The number of hydrogen-bond acceptors (Lipinski definition) is 7. The van der Waals surface area contributed by atoms with E-state index in [1.807, 2.05) is 26.0 Å². The van der Waals surface area contributed by atoms with Crippen LogP contribution in [0.15, 0.2) is 66.9 Å². The van der Waals surface area contributed by atoms with Crippen molar-refractivity contribution in [1.82, 2.24) is 9.97 Å². The smallest absolute Gasteiger partial charge is 0.293 e. The number of nitrogens with zero attached hydrogens (tertiary/aromatic N) is 3. The summed E-state index contributed by atoms with van der Waals surface area (Å²) in [6, 6.07) is 15.7. The summed E-state index contributed by atoms with van der Waals surface area (Å²) in [4.78, 5) is 33.6. The predicted octanol–water partition coefficient (Wildman–Crippen LogP) is 5.91. The highest BCUT2D eigenvalue weighted by Crippen LogP contribution is 2.30. The van der Waals surface area contributed by atoms with Crippen LogP contribution in [0.5, 0.6) is 0 Å². The van der Waals surface area contributed by atoms with E-state index in [1.165, 1.54) is 41.7 Å². The molecule has 0 spiro atoms. The van der Waals surface area contributed by atoms with Gasteiger partial charge in [-0.1, -0.05) is 18.2 Å². The van der Waals surface area contributed by atoms with Gasteiger partial charge in [0.25, 0.3) is 11.6 Å². The maximum Gasteiger partial charge on any atom is 0.293 e. The molecule has 1 atom stereocenters. The molecule has 0 bridgehead atoms. The minimum Gasteiger partial charge on any atom is -0.371 e. The van der Waals surface area contributed by atoms with Gasteiger partial charge in [0.2, 0.25) is 0 Å². The van der Waals surface area contributed by atoms with Crippen LogP contribution in [0.4, 0.5) is 20.9 Å². The number of carbonyl (C=O) groups excluding carboxylic acids is 1. The van der Waals surface area contributed by atoms with Gasteiger partial charge in [-0.2, -0.15) is 0 Å². The molecule has 8 nitrogen and oxygen atoms in total. The normalized spacial score (nSPS) is 11.6. The summed E-state index contributed by atoms with van der Waals surface area (Å²) in [6.45, 7) is 3.68. The molecule has 2 aromatic carbocycles. The lowest BCUT2D eigenvalue weighted by Crippen LogP contribution is -2.13. The van der Waals surface area contributed by atoms with E-state index in [0.29, 0.717) is 11.6 Å². The highest BCUT2D eigenvalue weighted by Gasteiger charge is 2.20. The molecule has 4 aromatic rings. The zero-order chi connectivity index (χ0) is 24.9. The molecule has 0 fully saturated rings. The van der Waals surface area contributed by atoms with Crippen molar-refractivity contribution < 1.29 is 14.1 Å². The second-order valence-electron chi connectivity index (χ2n) is 7.89. The second kappa shape index (κ2) is 10.4. The highest BCUT2D eigenvalue weighted by atomic mass is 32.1. The van der Waals surface area contributed by atoms with Crippen molar-refractivity contribution in [2.75, 3.05) is 10.6 Å². The number of aromatic nitrogens is 2. The zero-order valence-electron chi connectivity index (χ0n) is 19.0. The summed E-state index contributed by atoms with van der Waals surface area (Å²) in [5, 5.41) is 17.9. The van der Waals surface area contributed by atoms with Crippen molar-refractivity contribution in [3.8, 4) is 0 Å². The molecule has 1 amide bonds. The van der Waals surface area contributed by atoms with E-state index >= 15 is 0 Å². The number of nitro groups is 1. The average Bonchev–Trinajstić information content (AvgIpc) is 3.19. The summed E-state index contributed by atoms with van der Waals surface area (Å²) in [6.07, 6.45) is 2.21. The first-order valence-corrected chi connectivity index (χ1v) is 11.6. The van der Waals surface area contributed by atoms with E-state index in [4.69, 9.17) is 0 Å². The molecule has 35 heavy (non-hydrogen) atoms. The fourth-order valence-corrected chi connectivity index (χ4v) is 4.48. The molecular weight excluding hydrogens is 469 g/mol. The van der Waals surface area contributed by atoms with E-state index in [-0.39, 0.29) is 28.8 Å². The number of halogens is 1. The highest BCUT2D eigenvalue weighted by molar-refractivity contribution is 7.15. The molecule has 4 rings (SSSR count). The zero-order valence-corrected chi connectivity index (χ0v) is 19.8. The number of benzene rings is 2. The van der Waals surface area contributed by atoms with Gasteiger partial charge in [0.05, 0.1) is 22.4 Å². The number of nitro benzene ring substituents is 1. The molecule has 2 aromatic heterocycles. The van der Waals surface area contributed by atoms with Gasteiger partial charge in [-0.3, -0.25) is 25.2 Å². The molecule has 0 aliphatic heterocycles. The first-order chi connectivity index (χ1) is 16.8. The molecule has 10 heteroatoms. The van der Waals surface area contributed by atoms with Gasteiger partial charge in [0.1, 0.15) is 11.5 Å². The Labute approximate surface area is 205 Å². The van der Waals surface area contributed by atoms with Gasteiger partial charge >= 0.3 is 0 Å². The van der Waals surface area contributed by atoms with Gasteiger partial charge in [-0.15, -0.1) is 11.3 Å². The van der Waals surface area contributed by atoms with Crippen LogP contribution in [0.3, 0.4) is 0 Å². The third-order valence-corrected chi connectivity index (χ3v) is 6.42. The van der Waals surface area contributed by atoms with Gasteiger partial charge in [-0.25, -0.2) is 9.37 Å². The maximum absolute atomic E-state index is 13.2. The Bertz CT molecular complexity index is 1360. The van der Waals surface area contributed by atoms with Crippen molar-refractivity contribution in [2.24, 2.45) is 0 Å². The van der Waals surface area contributed by atoms with Gasteiger partial charge in [0.15, 0.2) is 5.13 Å². The Morgan fingerprint density at radius 3 is 2.63 bits per heavy atom. The number of nitrogens with one attached hydrogen (secondary N) is 2. The molecule has 0 radical (unpaired) electrons. The standard InChI is InChI=1S/C25H22FN5O3S/c1-15(20-5-3-4-12-27-20)28-21-11-8-18(14-22(21)31(33)34)24(32)30-25-29-16(2)23(35-25)13-17-6-9-19(26)10-7-17/h3-12,14-15,28H,13H2,1-2H3,(H,29,30,32). The van der Waals surface area contributed by atoms with Crippen LogP contribution in [-0.4, -0.2) is 20.8 Å². The maximum atomic E-state index is 13.2. The molecule has 0 saturated carbocycles. The molecule has 1 unspecified atom stereocenters. The quantitative estimate of drug-likeness (QED) is 0.234. The van der Waals surface area contributed by atoms with Crippen molar-refractivity contribution in [3.05, 3.63) is 110 Å². The molecule has 0 saturated heterocycles. The van der Waals surface area contributed by atoms with E-state index in [0.717, 1.165) is 21.8 Å². The van der Waals surface area contributed by atoms with E-state index < -0.39 is 10.8 Å². The van der Waals surface area contributed by atoms with Crippen LogP contribution >= 0.6 is 11.3 Å². The Hall–Kier alpha value is -4.18. The van der Waals surface area contributed by atoms with Gasteiger partial charge in [-0.05, 0) is 55.8 Å². The number of rotatable bonds is 8. The Balaban J connectivity index is 1.49. The summed E-state index contributed by atoms with van der Waals surface area (Å²) >= 11 is 1.31. The van der Waals surface area contributed by atoms with Crippen molar-refractivity contribution in [3.63, 3.8) is 0 Å². The first-order valence-electron chi connectivity index (χ1n) is 10.8. The first kappa shape index (κ1) is 24.0. The predicted molar refractivity (Wildman–Crippen MR) is 133 cm³/mol. The lowest BCUT2D eigenvalue weighted by Gasteiger charge is -2.15. The second-order valence-corrected chi connectivity index (χ2v) is 8.98. The minimum atomic E-state index is -0.529. The summed E-state index contributed by atoms with van der Waals surface area (Å²) < 4.78 is 13.2. The number of amides is 1. The van der Waals surface area contributed by atoms with Crippen LogP contribution in [0.25, 0.3) is 0 Å². The lowest BCUT2D eigenvalue weighted by atomic mass is 10.1. The summed E-state index contributed by atoms with van der Waals surface area (Å²) in [5.41, 5.74) is 2.63. The third kappa shape index (κ3) is 5.85. The topological polar surface area (TPSA) is 110 Å². The average molecular weight is 492 g/mol. The largest absolute Gasteiger partial charge is 0.371 e. The number of anilines is 2. The number of hydrogen-bond donors (Lipinski definition) is 2. The van der Waals surface area contributed by atoms with Crippen LogP contribution in [0, 0.1) is 22.9 Å². The Morgan fingerprint density at radius 1 is 1.17 bits per heavy atom. The molecule has 0 aliphatic rings. The van der Waals surface area contributed by atoms with Crippen LogP contribution in [0.2, 0.25) is 0 Å². The number of aryl methyl sites for hydroxylation is 1. The van der Waals surface area contributed by atoms with Crippen molar-refractivity contribution in [2.45, 2.75) is 26.3 Å². The molecule has 2 heterocycles. The van der Waals surface area contributed by atoms with E-state index in [9.17, 15) is 19.3 Å². The van der Waals surface area contributed by atoms with Crippen LogP contribution in [-0.2, 0) is 6.42 Å². The molecule has 0 aliphatic carbocycles. The van der Waals surface area contributed by atoms with Crippen LogP contribution in [0.1, 0.15) is 45.2 Å². The van der Waals surface area contributed by atoms with Crippen LogP contribution < -0.4 is 10.6 Å². The third-order valence-electron chi connectivity index (χ3n) is 5.35. The molecule has 178 valence electrons. The summed E-state index contributed by atoms with van der Waals surface area (Å²) in [7, 11) is 0. The van der Waals surface area contributed by atoms with E-state index in [2.05, 4.69) is 20.6 Å². The molecular formula is C25H22FN5O3S. The number of thiazole rings is 1. The fraction of sp³-hybridized carbons (Fsp3) is 0.160. The van der Waals surface area contributed by atoms with Crippen molar-refractivity contribution >= 4 is 33.8 Å². The van der Waals surface area contributed by atoms with Gasteiger partial charge < -0.3 is 5.32 Å². The lowest BCUT2D eigenvalue weighted by molar-refractivity contribution is -0.384. The van der Waals surface area contributed by atoms with Gasteiger partial charge in [0, 0.05) is 29.1 Å². The Morgan fingerprint density at radius 2 is 1.94 bits per heavy atom. The summed E-state index contributed by atoms with van der Waals surface area (Å²) in [5.74, 6) is -0.802. The SMILES string of the molecule is Cc1nc(NC(=O)c2ccc(NC(C)c3ccccn3)c([N+](=O)[O-])c2)sc1Cc1ccc(F)cc1. The van der Waals surface area contributed by atoms with Crippen molar-refractivity contribution in [1.29, 1.82) is 0 Å². The number of carbonyl (C=O) groups is 1. The Kier molecular flexibility index (Phi) is 7.11. The monoisotopic (exact) mass is 491 g/mol. The minimum absolute atomic E-state index is 0.140. The fourth-order valence-electron chi connectivity index (χ4n) is 3.49. The van der Waals surface area contributed by atoms with E-state index in [1.54, 1.807) is 24.4 Å². The molecule has 2 N–H and O–H groups in total.